The summed E-state index contributed by atoms with van der Waals surface area (Å²) in [6.45, 7) is 12.2. The standard InChI is InChI=1S/C43H89NO3/c1-4-7-10-13-16-19-21-23-25-28-31-34-39-46-42-43(41-44(37-38-45)36-33-30-27-18-15-12-9-6-3)47-40-35-32-29-26-24-22-20-17-14-11-8-5-2/h43,45H,4-42H2,1-3H3. The van der Waals surface area contributed by atoms with Gasteiger partial charge < -0.3 is 14.6 Å². The van der Waals surface area contributed by atoms with Crippen LogP contribution in [0, 0.1) is 0 Å². The lowest BCUT2D eigenvalue weighted by molar-refractivity contribution is -0.0359. The van der Waals surface area contributed by atoms with Crippen LogP contribution in [0.2, 0.25) is 0 Å². The second-order valence-corrected chi connectivity index (χ2v) is 14.8. The fourth-order valence-electron chi connectivity index (χ4n) is 6.80. The van der Waals surface area contributed by atoms with Gasteiger partial charge in [0.2, 0.25) is 0 Å². The maximum Gasteiger partial charge on any atom is 0.0934 e. The second kappa shape index (κ2) is 42.0. The van der Waals surface area contributed by atoms with Crippen LogP contribution in [-0.4, -0.2) is 62.2 Å². The van der Waals surface area contributed by atoms with E-state index in [4.69, 9.17) is 9.47 Å². The highest BCUT2D eigenvalue weighted by Crippen LogP contribution is 2.14. The molecule has 0 aliphatic rings. The number of rotatable bonds is 42. The SMILES string of the molecule is CCCCCCCCCCCCCCOCC(CN(CCO)CCCCCCCCCC)OCCCCCCCCCCCCCC. The molecule has 47 heavy (non-hydrogen) atoms. The van der Waals surface area contributed by atoms with E-state index in [-0.39, 0.29) is 12.7 Å². The summed E-state index contributed by atoms with van der Waals surface area (Å²) < 4.78 is 12.7. The maximum atomic E-state index is 9.77. The van der Waals surface area contributed by atoms with Crippen LogP contribution in [0.4, 0.5) is 0 Å². The van der Waals surface area contributed by atoms with Crippen LogP contribution in [0.5, 0.6) is 0 Å². The van der Waals surface area contributed by atoms with Crippen molar-refractivity contribution in [3.63, 3.8) is 0 Å². The van der Waals surface area contributed by atoms with Crippen LogP contribution < -0.4 is 0 Å². The lowest BCUT2D eigenvalue weighted by atomic mass is 10.1. The first-order valence-corrected chi connectivity index (χ1v) is 21.8. The van der Waals surface area contributed by atoms with E-state index in [9.17, 15) is 5.11 Å². The molecule has 4 heteroatoms. The number of aliphatic hydroxyl groups is 1. The van der Waals surface area contributed by atoms with Crippen molar-refractivity contribution in [3.05, 3.63) is 0 Å². The Balaban J connectivity index is 4.24. The number of aliphatic hydroxyl groups excluding tert-OH is 1. The summed E-state index contributed by atoms with van der Waals surface area (Å²) in [5.74, 6) is 0. The van der Waals surface area contributed by atoms with Gasteiger partial charge in [0.1, 0.15) is 0 Å². The highest BCUT2D eigenvalue weighted by atomic mass is 16.5. The molecule has 0 aromatic rings. The molecule has 1 N–H and O–H groups in total. The Morgan fingerprint density at radius 1 is 0.404 bits per heavy atom. The third kappa shape index (κ3) is 38.5. The molecule has 1 unspecified atom stereocenters. The van der Waals surface area contributed by atoms with E-state index in [1.54, 1.807) is 0 Å². The Kier molecular flexibility index (Phi) is 41.9. The van der Waals surface area contributed by atoms with Crippen molar-refractivity contribution < 1.29 is 14.6 Å². The van der Waals surface area contributed by atoms with E-state index in [1.165, 1.54) is 199 Å². The highest BCUT2D eigenvalue weighted by Gasteiger charge is 2.15. The molecule has 0 aliphatic carbocycles. The summed E-state index contributed by atoms with van der Waals surface area (Å²) in [5.41, 5.74) is 0. The summed E-state index contributed by atoms with van der Waals surface area (Å²) in [6.07, 6.45) is 43.8. The van der Waals surface area contributed by atoms with Gasteiger partial charge >= 0.3 is 0 Å². The first-order chi connectivity index (χ1) is 23.3. The third-order valence-electron chi connectivity index (χ3n) is 10.0. The van der Waals surface area contributed by atoms with Crippen molar-refractivity contribution in [2.24, 2.45) is 0 Å². The topological polar surface area (TPSA) is 41.9 Å². The molecule has 0 bridgehead atoms. The predicted octanol–water partition coefficient (Wildman–Crippen LogP) is 13.2. The van der Waals surface area contributed by atoms with Gasteiger partial charge in [0.25, 0.3) is 0 Å². The molecule has 1 atom stereocenters. The van der Waals surface area contributed by atoms with Crippen molar-refractivity contribution in [1.29, 1.82) is 0 Å². The largest absolute Gasteiger partial charge is 0.395 e. The van der Waals surface area contributed by atoms with Crippen molar-refractivity contribution in [1.82, 2.24) is 4.90 Å². The summed E-state index contributed by atoms with van der Waals surface area (Å²) in [4.78, 5) is 2.43. The van der Waals surface area contributed by atoms with Gasteiger partial charge in [-0.2, -0.15) is 0 Å². The van der Waals surface area contributed by atoms with Crippen molar-refractivity contribution in [2.75, 3.05) is 46.1 Å². The molecule has 0 heterocycles. The molecular weight excluding hydrogens is 578 g/mol. The number of unbranched alkanes of at least 4 members (excludes halogenated alkanes) is 29. The number of nitrogens with zero attached hydrogens (tertiary/aromatic N) is 1. The van der Waals surface area contributed by atoms with Gasteiger partial charge in [0, 0.05) is 26.3 Å². The molecule has 0 radical (unpaired) electrons. The van der Waals surface area contributed by atoms with E-state index in [2.05, 4.69) is 25.7 Å². The summed E-state index contributed by atoms with van der Waals surface area (Å²) in [7, 11) is 0. The monoisotopic (exact) mass is 668 g/mol. The predicted molar refractivity (Wildman–Crippen MR) is 209 cm³/mol. The maximum absolute atomic E-state index is 9.77. The number of ether oxygens (including phenoxy) is 2. The van der Waals surface area contributed by atoms with Crippen LogP contribution in [0.15, 0.2) is 0 Å². The molecule has 0 amide bonds. The van der Waals surface area contributed by atoms with Crippen molar-refractivity contribution >= 4 is 0 Å². The lowest BCUT2D eigenvalue weighted by Gasteiger charge is -2.27. The van der Waals surface area contributed by atoms with Crippen LogP contribution >= 0.6 is 0 Å². The quantitative estimate of drug-likeness (QED) is 0.0658. The molecule has 4 nitrogen and oxygen atoms in total. The van der Waals surface area contributed by atoms with E-state index in [0.29, 0.717) is 6.61 Å². The molecular formula is C43H89NO3. The van der Waals surface area contributed by atoms with Crippen LogP contribution in [0.25, 0.3) is 0 Å². The normalized spacial score (nSPS) is 12.4. The Labute approximate surface area is 297 Å². The fourth-order valence-corrected chi connectivity index (χ4v) is 6.80. The van der Waals surface area contributed by atoms with Gasteiger partial charge in [-0.25, -0.2) is 0 Å². The molecule has 0 aromatic heterocycles. The fraction of sp³-hybridized carbons (Fsp3) is 1.00. The Hall–Kier alpha value is -0.160. The number of hydrogen-bond donors (Lipinski definition) is 1. The lowest BCUT2D eigenvalue weighted by Crippen LogP contribution is -2.39. The van der Waals surface area contributed by atoms with Crippen LogP contribution in [-0.2, 0) is 9.47 Å². The van der Waals surface area contributed by atoms with E-state index in [1.807, 2.05) is 0 Å². The van der Waals surface area contributed by atoms with E-state index >= 15 is 0 Å². The Bertz CT molecular complexity index is 545. The Morgan fingerprint density at radius 2 is 0.745 bits per heavy atom. The minimum Gasteiger partial charge on any atom is -0.395 e. The molecule has 0 rings (SSSR count). The van der Waals surface area contributed by atoms with Gasteiger partial charge in [-0.3, -0.25) is 4.90 Å². The zero-order chi connectivity index (χ0) is 34.1. The van der Waals surface area contributed by atoms with Gasteiger partial charge in [0.05, 0.1) is 19.3 Å². The van der Waals surface area contributed by atoms with Gasteiger partial charge in [-0.1, -0.05) is 207 Å². The minimum absolute atomic E-state index is 0.112. The zero-order valence-electron chi connectivity index (χ0n) is 32.9. The van der Waals surface area contributed by atoms with Crippen LogP contribution in [0.3, 0.4) is 0 Å². The summed E-state index contributed by atoms with van der Waals surface area (Å²) in [6, 6.07) is 0. The smallest absolute Gasteiger partial charge is 0.0934 e. The molecule has 0 fully saturated rings. The molecule has 0 aromatic carbocycles. The molecule has 0 aliphatic heterocycles. The van der Waals surface area contributed by atoms with Gasteiger partial charge in [-0.15, -0.1) is 0 Å². The molecule has 0 saturated carbocycles. The van der Waals surface area contributed by atoms with E-state index < -0.39 is 0 Å². The van der Waals surface area contributed by atoms with Crippen molar-refractivity contribution in [2.45, 2.75) is 232 Å². The number of hydrogen-bond acceptors (Lipinski definition) is 4. The van der Waals surface area contributed by atoms with Gasteiger partial charge in [0.15, 0.2) is 0 Å². The summed E-state index contributed by atoms with van der Waals surface area (Å²) >= 11 is 0. The Morgan fingerprint density at radius 3 is 1.13 bits per heavy atom. The first-order valence-electron chi connectivity index (χ1n) is 21.8. The molecule has 284 valence electrons. The minimum atomic E-state index is 0.112. The zero-order valence-corrected chi connectivity index (χ0v) is 32.9. The third-order valence-corrected chi connectivity index (χ3v) is 10.0. The second-order valence-electron chi connectivity index (χ2n) is 14.8. The average Bonchev–Trinajstić information content (AvgIpc) is 3.08. The van der Waals surface area contributed by atoms with E-state index in [0.717, 1.165) is 39.3 Å². The first kappa shape index (κ1) is 46.8. The van der Waals surface area contributed by atoms with Crippen molar-refractivity contribution in [3.8, 4) is 0 Å². The molecule has 0 saturated heterocycles. The van der Waals surface area contributed by atoms with Crippen LogP contribution in [0.1, 0.15) is 226 Å². The summed E-state index contributed by atoms with van der Waals surface area (Å²) in [5, 5.41) is 9.77. The average molecular weight is 668 g/mol. The highest BCUT2D eigenvalue weighted by molar-refractivity contribution is 4.67. The molecule has 0 spiro atoms. The van der Waals surface area contributed by atoms with Gasteiger partial charge in [-0.05, 0) is 25.8 Å².